The van der Waals surface area contributed by atoms with Crippen molar-refractivity contribution in [1.29, 1.82) is 0 Å². The standard InChI is InChI=1S/C13H20ClFOSi/c1-4-17(2,3)10-13(16,9-14)11-5-7-12(15)8-6-11/h5-8,16H,4,9-10H2,1-3H3. The van der Waals surface area contributed by atoms with Gasteiger partial charge in [-0.25, -0.2) is 4.39 Å². The average molecular weight is 275 g/mol. The van der Waals surface area contributed by atoms with Crippen LogP contribution in [0.1, 0.15) is 12.5 Å². The zero-order valence-electron chi connectivity index (χ0n) is 10.6. The highest BCUT2D eigenvalue weighted by Crippen LogP contribution is 2.33. The van der Waals surface area contributed by atoms with Gasteiger partial charge < -0.3 is 5.11 Å². The van der Waals surface area contributed by atoms with Crippen molar-refractivity contribution in [3.8, 4) is 0 Å². The lowest BCUT2D eigenvalue weighted by molar-refractivity contribution is 0.0805. The van der Waals surface area contributed by atoms with E-state index < -0.39 is 13.7 Å². The van der Waals surface area contributed by atoms with E-state index in [9.17, 15) is 9.50 Å². The third kappa shape index (κ3) is 3.80. The van der Waals surface area contributed by atoms with E-state index in [0.29, 0.717) is 11.6 Å². The van der Waals surface area contributed by atoms with Gasteiger partial charge in [-0.2, -0.15) is 0 Å². The van der Waals surface area contributed by atoms with Crippen molar-refractivity contribution in [3.05, 3.63) is 35.6 Å². The summed E-state index contributed by atoms with van der Waals surface area (Å²) in [5, 5.41) is 10.6. The maximum Gasteiger partial charge on any atom is 0.123 e. The second-order valence-electron chi connectivity index (χ2n) is 5.37. The SMILES string of the molecule is CC[Si](C)(C)CC(O)(CCl)c1ccc(F)cc1. The third-order valence-corrected chi connectivity index (χ3v) is 7.23. The molecule has 0 aliphatic carbocycles. The lowest BCUT2D eigenvalue weighted by Crippen LogP contribution is -2.39. The van der Waals surface area contributed by atoms with Gasteiger partial charge in [-0.3, -0.25) is 0 Å². The molecule has 96 valence electrons. The normalized spacial score (nSPS) is 15.6. The van der Waals surface area contributed by atoms with Crippen LogP contribution in [0.25, 0.3) is 0 Å². The fraction of sp³-hybridized carbons (Fsp3) is 0.538. The maximum atomic E-state index is 12.9. The van der Waals surface area contributed by atoms with Gasteiger partial charge in [-0.1, -0.05) is 38.2 Å². The molecule has 1 rings (SSSR count). The fourth-order valence-electron chi connectivity index (χ4n) is 1.90. The highest BCUT2D eigenvalue weighted by molar-refractivity contribution is 6.77. The summed E-state index contributed by atoms with van der Waals surface area (Å²) in [7, 11) is -1.46. The van der Waals surface area contributed by atoms with Gasteiger partial charge in [0.25, 0.3) is 0 Å². The van der Waals surface area contributed by atoms with E-state index in [2.05, 4.69) is 20.0 Å². The third-order valence-electron chi connectivity index (χ3n) is 3.33. The Balaban J connectivity index is 2.99. The van der Waals surface area contributed by atoms with Crippen LogP contribution in [0.4, 0.5) is 4.39 Å². The van der Waals surface area contributed by atoms with E-state index in [1.807, 2.05) is 0 Å². The van der Waals surface area contributed by atoms with Gasteiger partial charge in [0.15, 0.2) is 0 Å². The number of benzene rings is 1. The monoisotopic (exact) mass is 274 g/mol. The van der Waals surface area contributed by atoms with Crippen molar-refractivity contribution in [2.75, 3.05) is 5.88 Å². The van der Waals surface area contributed by atoms with Crippen LogP contribution in [-0.4, -0.2) is 19.1 Å². The highest BCUT2D eigenvalue weighted by Gasteiger charge is 2.35. The lowest BCUT2D eigenvalue weighted by atomic mass is 9.98. The molecular weight excluding hydrogens is 255 g/mol. The number of halogens is 2. The minimum atomic E-state index is -1.46. The number of alkyl halides is 1. The van der Waals surface area contributed by atoms with E-state index >= 15 is 0 Å². The first-order valence-corrected chi connectivity index (χ1v) is 9.82. The second kappa shape index (κ2) is 5.51. The predicted octanol–water partition coefficient (Wildman–Crippen LogP) is 3.98. The van der Waals surface area contributed by atoms with Crippen LogP contribution < -0.4 is 0 Å². The molecule has 0 saturated heterocycles. The first-order chi connectivity index (χ1) is 7.83. The Morgan fingerprint density at radius 3 is 2.24 bits per heavy atom. The Morgan fingerprint density at radius 1 is 1.29 bits per heavy atom. The van der Waals surface area contributed by atoms with Crippen molar-refractivity contribution in [3.63, 3.8) is 0 Å². The van der Waals surface area contributed by atoms with E-state index in [1.54, 1.807) is 12.1 Å². The molecule has 1 N–H and O–H groups in total. The van der Waals surface area contributed by atoms with Gasteiger partial charge >= 0.3 is 0 Å². The van der Waals surface area contributed by atoms with Gasteiger partial charge in [0.05, 0.1) is 14.0 Å². The van der Waals surface area contributed by atoms with Gasteiger partial charge in [0.1, 0.15) is 11.4 Å². The molecule has 0 amide bonds. The van der Waals surface area contributed by atoms with Crippen molar-refractivity contribution < 1.29 is 9.50 Å². The van der Waals surface area contributed by atoms with Crippen LogP contribution in [0.3, 0.4) is 0 Å². The van der Waals surface area contributed by atoms with Crippen molar-refractivity contribution >= 4 is 19.7 Å². The zero-order chi connectivity index (χ0) is 13.1. The molecule has 1 unspecified atom stereocenters. The van der Waals surface area contributed by atoms with E-state index in [1.165, 1.54) is 12.1 Å². The topological polar surface area (TPSA) is 20.2 Å². The first-order valence-electron chi connectivity index (χ1n) is 5.87. The summed E-state index contributed by atoms with van der Waals surface area (Å²) in [6.07, 6.45) is 0. The Hall–Kier alpha value is -0.383. The Labute approximate surface area is 109 Å². The lowest BCUT2D eigenvalue weighted by Gasteiger charge is -2.33. The van der Waals surface area contributed by atoms with Crippen LogP contribution in [0.15, 0.2) is 24.3 Å². The summed E-state index contributed by atoms with van der Waals surface area (Å²) >= 11 is 5.92. The number of rotatable bonds is 5. The average Bonchev–Trinajstić information content (AvgIpc) is 2.29. The molecule has 0 aliphatic heterocycles. The molecule has 1 nitrogen and oxygen atoms in total. The van der Waals surface area contributed by atoms with Crippen LogP contribution in [0.5, 0.6) is 0 Å². The summed E-state index contributed by atoms with van der Waals surface area (Å²) in [6, 6.07) is 7.77. The smallest absolute Gasteiger partial charge is 0.123 e. The van der Waals surface area contributed by atoms with E-state index in [4.69, 9.17) is 11.6 Å². The van der Waals surface area contributed by atoms with Crippen molar-refractivity contribution in [1.82, 2.24) is 0 Å². The van der Waals surface area contributed by atoms with E-state index in [0.717, 1.165) is 6.04 Å². The summed E-state index contributed by atoms with van der Waals surface area (Å²) in [5.74, 6) is -0.146. The Kier molecular flexibility index (Phi) is 4.75. The van der Waals surface area contributed by atoms with Crippen LogP contribution >= 0.6 is 11.6 Å². The Bertz CT molecular complexity index is 366. The number of aliphatic hydroxyl groups is 1. The molecule has 0 spiro atoms. The first kappa shape index (κ1) is 14.7. The molecule has 0 saturated carbocycles. The van der Waals surface area contributed by atoms with E-state index in [-0.39, 0.29) is 11.7 Å². The molecule has 1 aromatic carbocycles. The molecule has 4 heteroatoms. The van der Waals surface area contributed by atoms with Gasteiger partial charge in [0.2, 0.25) is 0 Å². The molecule has 0 radical (unpaired) electrons. The Morgan fingerprint density at radius 2 is 1.82 bits per heavy atom. The van der Waals surface area contributed by atoms with Crippen molar-refractivity contribution in [2.24, 2.45) is 0 Å². The maximum absolute atomic E-state index is 12.9. The highest BCUT2D eigenvalue weighted by atomic mass is 35.5. The zero-order valence-corrected chi connectivity index (χ0v) is 12.4. The molecule has 1 aromatic rings. The van der Waals surface area contributed by atoms with Crippen LogP contribution in [-0.2, 0) is 5.60 Å². The second-order valence-corrected chi connectivity index (χ2v) is 11.0. The summed E-state index contributed by atoms with van der Waals surface area (Å²) in [6.45, 7) is 6.60. The summed E-state index contributed by atoms with van der Waals surface area (Å²) in [5.41, 5.74) is -0.316. The largest absolute Gasteiger partial charge is 0.384 e. The molecule has 1 atom stereocenters. The molecule has 0 aromatic heterocycles. The molecule has 0 bridgehead atoms. The predicted molar refractivity (Wildman–Crippen MR) is 73.8 cm³/mol. The summed E-state index contributed by atoms with van der Waals surface area (Å²) < 4.78 is 12.9. The summed E-state index contributed by atoms with van der Waals surface area (Å²) in [4.78, 5) is 0. The minimum absolute atomic E-state index is 0.148. The van der Waals surface area contributed by atoms with Gasteiger partial charge in [-0.15, -0.1) is 11.6 Å². The molecule has 0 fully saturated rings. The minimum Gasteiger partial charge on any atom is -0.384 e. The van der Waals surface area contributed by atoms with Gasteiger partial charge in [-0.05, 0) is 23.7 Å². The number of hydrogen-bond acceptors (Lipinski definition) is 1. The molecule has 17 heavy (non-hydrogen) atoms. The van der Waals surface area contributed by atoms with Gasteiger partial charge in [0, 0.05) is 0 Å². The molecular formula is C13H20ClFOSi. The molecule has 0 heterocycles. The molecule has 0 aliphatic rings. The van der Waals surface area contributed by atoms with Crippen LogP contribution in [0, 0.1) is 5.82 Å². The van der Waals surface area contributed by atoms with Crippen LogP contribution in [0.2, 0.25) is 25.2 Å². The van der Waals surface area contributed by atoms with Crippen molar-refractivity contribution in [2.45, 2.75) is 37.7 Å². The fourth-order valence-corrected chi connectivity index (χ4v) is 4.47. The number of hydrogen-bond donors (Lipinski definition) is 1. The quantitative estimate of drug-likeness (QED) is 0.636.